The van der Waals surface area contributed by atoms with Crippen LogP contribution in [-0.2, 0) is 0 Å². The number of nitrogens with one attached hydrogen (secondary N) is 1. The number of carbonyl (C=O) groups is 1. The Morgan fingerprint density at radius 3 is 2.65 bits per heavy atom. The Balaban J connectivity index is 1.87. The van der Waals surface area contributed by atoms with Crippen LogP contribution in [0.25, 0.3) is 10.8 Å². The van der Waals surface area contributed by atoms with Crippen LogP contribution in [0.5, 0.6) is 0 Å². The van der Waals surface area contributed by atoms with E-state index in [0.717, 1.165) is 4.88 Å². The van der Waals surface area contributed by atoms with Crippen LogP contribution in [0.1, 0.15) is 15.4 Å². The number of nitrogens with zero attached hydrogens (tertiary/aromatic N) is 1. The maximum Gasteiger partial charge on any atom is 0.275 e. The highest BCUT2D eigenvalue weighted by Crippen LogP contribution is 2.32. The van der Waals surface area contributed by atoms with E-state index in [9.17, 15) is 4.79 Å². The molecule has 0 radical (unpaired) electrons. The van der Waals surface area contributed by atoms with Crippen molar-refractivity contribution in [2.45, 2.75) is 6.92 Å². The van der Waals surface area contributed by atoms with Crippen LogP contribution in [0.15, 0.2) is 34.9 Å². The Labute approximate surface area is 146 Å². The third-order valence-corrected chi connectivity index (χ3v) is 4.69. The standard InChI is InChI=1S/C15H11Cl2N3O2S/c1-7-13(20-15(23-7)11-3-2-4-22-11)14(21)19-8-5-9(16)12(18)10(17)6-8/h2-6H,18H2,1H3,(H,19,21). The molecule has 23 heavy (non-hydrogen) atoms. The zero-order valence-electron chi connectivity index (χ0n) is 11.9. The fourth-order valence-corrected chi connectivity index (χ4v) is 3.33. The minimum absolute atomic E-state index is 0.274. The molecule has 0 aliphatic heterocycles. The first-order valence-electron chi connectivity index (χ1n) is 6.53. The van der Waals surface area contributed by atoms with Crippen LogP contribution < -0.4 is 11.1 Å². The number of rotatable bonds is 3. The number of aromatic nitrogens is 1. The summed E-state index contributed by atoms with van der Waals surface area (Å²) in [6.45, 7) is 1.82. The lowest BCUT2D eigenvalue weighted by molar-refractivity contribution is 0.102. The van der Waals surface area contributed by atoms with Crippen molar-refractivity contribution in [2.75, 3.05) is 11.1 Å². The Hall–Kier alpha value is -2.02. The zero-order valence-corrected chi connectivity index (χ0v) is 14.2. The highest BCUT2D eigenvalue weighted by atomic mass is 35.5. The van der Waals surface area contributed by atoms with Gasteiger partial charge in [0.2, 0.25) is 0 Å². The minimum atomic E-state index is -0.353. The molecular weight excluding hydrogens is 357 g/mol. The normalized spacial score (nSPS) is 10.7. The van der Waals surface area contributed by atoms with Gasteiger partial charge in [0.25, 0.3) is 5.91 Å². The summed E-state index contributed by atoms with van der Waals surface area (Å²) in [6.07, 6.45) is 1.56. The lowest BCUT2D eigenvalue weighted by Gasteiger charge is -2.07. The van der Waals surface area contributed by atoms with Gasteiger partial charge in [0.1, 0.15) is 5.69 Å². The van der Waals surface area contributed by atoms with E-state index < -0.39 is 0 Å². The van der Waals surface area contributed by atoms with Gasteiger partial charge in [-0.3, -0.25) is 4.79 Å². The van der Waals surface area contributed by atoms with Gasteiger partial charge in [-0.05, 0) is 31.2 Å². The molecule has 3 N–H and O–H groups in total. The summed E-state index contributed by atoms with van der Waals surface area (Å²) < 4.78 is 5.30. The lowest BCUT2D eigenvalue weighted by atomic mass is 10.2. The van der Waals surface area contributed by atoms with Crippen molar-refractivity contribution in [1.82, 2.24) is 4.98 Å². The molecule has 3 aromatic rings. The summed E-state index contributed by atoms with van der Waals surface area (Å²) in [4.78, 5) is 17.5. The number of benzene rings is 1. The molecule has 8 heteroatoms. The predicted octanol–water partition coefficient (Wildman–Crippen LogP) is 4.85. The third kappa shape index (κ3) is 3.19. The van der Waals surface area contributed by atoms with E-state index in [2.05, 4.69) is 10.3 Å². The van der Waals surface area contributed by atoms with Crippen molar-refractivity contribution in [2.24, 2.45) is 0 Å². The van der Waals surface area contributed by atoms with E-state index in [1.165, 1.54) is 23.5 Å². The monoisotopic (exact) mass is 367 g/mol. The molecule has 0 saturated heterocycles. The van der Waals surface area contributed by atoms with E-state index in [-0.39, 0.29) is 21.6 Å². The second-order valence-corrected chi connectivity index (χ2v) is 6.73. The molecular formula is C15H11Cl2N3O2S. The topological polar surface area (TPSA) is 81.2 Å². The van der Waals surface area contributed by atoms with E-state index in [1.807, 2.05) is 6.92 Å². The average molecular weight is 368 g/mol. The van der Waals surface area contributed by atoms with Crippen molar-refractivity contribution in [1.29, 1.82) is 0 Å². The number of nitrogens with two attached hydrogens (primary N) is 1. The number of thiazole rings is 1. The molecule has 0 fully saturated rings. The number of hydrogen-bond donors (Lipinski definition) is 2. The molecule has 0 bridgehead atoms. The Kier molecular flexibility index (Phi) is 4.30. The Bertz CT molecular complexity index is 852. The molecule has 1 amide bonds. The molecule has 0 aliphatic rings. The molecule has 3 rings (SSSR count). The first kappa shape index (κ1) is 15.9. The molecule has 2 heterocycles. The smallest absolute Gasteiger partial charge is 0.275 e. The van der Waals surface area contributed by atoms with Gasteiger partial charge in [-0.25, -0.2) is 4.98 Å². The van der Waals surface area contributed by atoms with E-state index in [4.69, 9.17) is 33.4 Å². The second-order valence-electron chi connectivity index (χ2n) is 4.71. The second kappa shape index (κ2) is 6.23. The van der Waals surface area contributed by atoms with E-state index in [1.54, 1.807) is 18.4 Å². The molecule has 0 unspecified atom stereocenters. The van der Waals surface area contributed by atoms with Crippen LogP contribution in [0, 0.1) is 6.92 Å². The van der Waals surface area contributed by atoms with Gasteiger partial charge in [-0.2, -0.15) is 0 Å². The maximum absolute atomic E-state index is 12.4. The molecule has 0 atom stereocenters. The van der Waals surface area contributed by atoms with Gasteiger partial charge in [-0.1, -0.05) is 23.2 Å². The SMILES string of the molecule is Cc1sc(-c2ccco2)nc1C(=O)Nc1cc(Cl)c(N)c(Cl)c1. The number of aryl methyl sites for hydroxylation is 1. The van der Waals surface area contributed by atoms with Crippen LogP contribution in [0.4, 0.5) is 11.4 Å². The summed E-state index contributed by atoms with van der Waals surface area (Å²) in [6, 6.07) is 6.63. The molecule has 5 nitrogen and oxygen atoms in total. The summed E-state index contributed by atoms with van der Waals surface area (Å²) >= 11 is 13.3. The summed E-state index contributed by atoms with van der Waals surface area (Å²) in [5.41, 5.74) is 6.73. The summed E-state index contributed by atoms with van der Waals surface area (Å²) in [5.74, 6) is 0.268. The van der Waals surface area contributed by atoms with Crippen LogP contribution in [0.3, 0.4) is 0 Å². The Morgan fingerprint density at radius 1 is 1.35 bits per heavy atom. The molecule has 118 valence electrons. The van der Waals surface area contributed by atoms with Gasteiger partial charge in [0.15, 0.2) is 10.8 Å². The molecule has 0 spiro atoms. The molecule has 0 aliphatic carbocycles. The highest BCUT2D eigenvalue weighted by molar-refractivity contribution is 7.15. The number of amides is 1. The van der Waals surface area contributed by atoms with Crippen molar-refractivity contribution in [3.63, 3.8) is 0 Å². The van der Waals surface area contributed by atoms with Crippen LogP contribution >= 0.6 is 34.5 Å². The summed E-state index contributed by atoms with van der Waals surface area (Å²) in [5, 5.41) is 3.92. The largest absolute Gasteiger partial charge is 0.462 e. The molecule has 1 aromatic carbocycles. The third-order valence-electron chi connectivity index (χ3n) is 3.08. The highest BCUT2D eigenvalue weighted by Gasteiger charge is 2.18. The van der Waals surface area contributed by atoms with Gasteiger partial charge < -0.3 is 15.5 Å². The van der Waals surface area contributed by atoms with Gasteiger partial charge >= 0.3 is 0 Å². The first-order valence-corrected chi connectivity index (χ1v) is 8.10. The molecule has 2 aromatic heterocycles. The number of furan rings is 1. The molecule has 0 saturated carbocycles. The van der Waals surface area contributed by atoms with Crippen molar-refractivity contribution < 1.29 is 9.21 Å². The fraction of sp³-hybridized carbons (Fsp3) is 0.0667. The number of nitrogen functional groups attached to an aromatic ring is 1. The Morgan fingerprint density at radius 2 is 2.04 bits per heavy atom. The number of halogens is 2. The van der Waals surface area contributed by atoms with Gasteiger partial charge in [-0.15, -0.1) is 11.3 Å². The van der Waals surface area contributed by atoms with Crippen LogP contribution in [0.2, 0.25) is 10.0 Å². The number of hydrogen-bond acceptors (Lipinski definition) is 5. The van der Waals surface area contributed by atoms with Gasteiger partial charge in [0, 0.05) is 10.6 Å². The first-order chi connectivity index (χ1) is 11.0. The summed E-state index contributed by atoms with van der Waals surface area (Å²) in [7, 11) is 0. The number of anilines is 2. The van der Waals surface area contributed by atoms with Crippen LogP contribution in [-0.4, -0.2) is 10.9 Å². The lowest BCUT2D eigenvalue weighted by Crippen LogP contribution is -2.13. The predicted molar refractivity (Wildman–Crippen MR) is 93.4 cm³/mol. The minimum Gasteiger partial charge on any atom is -0.462 e. The van der Waals surface area contributed by atoms with Crippen molar-refractivity contribution in [3.8, 4) is 10.8 Å². The van der Waals surface area contributed by atoms with E-state index >= 15 is 0 Å². The van der Waals surface area contributed by atoms with E-state index in [0.29, 0.717) is 22.1 Å². The van der Waals surface area contributed by atoms with Crippen molar-refractivity contribution >= 4 is 51.8 Å². The zero-order chi connectivity index (χ0) is 16.6. The number of carbonyl (C=O) groups excluding carboxylic acids is 1. The van der Waals surface area contributed by atoms with Crippen molar-refractivity contribution in [3.05, 3.63) is 51.1 Å². The maximum atomic E-state index is 12.4. The average Bonchev–Trinajstić information content (AvgIpc) is 3.13. The fourth-order valence-electron chi connectivity index (χ4n) is 1.96. The quantitative estimate of drug-likeness (QED) is 0.648. The van der Waals surface area contributed by atoms with Gasteiger partial charge in [0.05, 0.1) is 22.0 Å².